The number of nitrogens with one attached hydrogen (secondary N) is 1. The van der Waals surface area contributed by atoms with Crippen molar-refractivity contribution in [3.05, 3.63) is 41.7 Å². The SMILES string of the molecule is Cc1noc(NC(=O)C(C)C(N)c2ccccc2)n1. The molecule has 100 valence electrons. The number of nitrogens with two attached hydrogens (primary N) is 1. The molecule has 0 bridgehead atoms. The van der Waals surface area contributed by atoms with Crippen LogP contribution in [0.4, 0.5) is 6.01 Å². The number of aromatic nitrogens is 2. The van der Waals surface area contributed by atoms with Crippen LogP contribution in [-0.2, 0) is 4.79 Å². The van der Waals surface area contributed by atoms with Crippen LogP contribution in [0.15, 0.2) is 34.9 Å². The van der Waals surface area contributed by atoms with Gasteiger partial charge in [0.1, 0.15) is 0 Å². The van der Waals surface area contributed by atoms with Crippen LogP contribution in [0.2, 0.25) is 0 Å². The average Bonchev–Trinajstić information content (AvgIpc) is 2.83. The summed E-state index contributed by atoms with van der Waals surface area (Å²) in [6.07, 6.45) is 0. The van der Waals surface area contributed by atoms with Gasteiger partial charge in [-0.25, -0.2) is 0 Å². The summed E-state index contributed by atoms with van der Waals surface area (Å²) >= 11 is 0. The molecule has 0 fully saturated rings. The van der Waals surface area contributed by atoms with Crippen LogP contribution in [0, 0.1) is 12.8 Å². The summed E-state index contributed by atoms with van der Waals surface area (Å²) in [7, 11) is 0. The van der Waals surface area contributed by atoms with Crippen LogP contribution in [0.5, 0.6) is 0 Å². The summed E-state index contributed by atoms with van der Waals surface area (Å²) in [5, 5.41) is 6.15. The van der Waals surface area contributed by atoms with Crippen LogP contribution < -0.4 is 11.1 Å². The molecule has 1 aromatic heterocycles. The third-order valence-electron chi connectivity index (χ3n) is 2.89. The number of nitrogens with zero attached hydrogens (tertiary/aromatic N) is 2. The lowest BCUT2D eigenvalue weighted by molar-refractivity contribution is -0.120. The van der Waals surface area contributed by atoms with Gasteiger partial charge in [-0.1, -0.05) is 42.4 Å². The van der Waals surface area contributed by atoms with Gasteiger partial charge in [0.2, 0.25) is 5.91 Å². The second-order valence-electron chi connectivity index (χ2n) is 4.36. The van der Waals surface area contributed by atoms with Gasteiger partial charge in [0.15, 0.2) is 5.82 Å². The Labute approximate surface area is 111 Å². The first-order valence-electron chi connectivity index (χ1n) is 5.99. The molecule has 6 nitrogen and oxygen atoms in total. The van der Waals surface area contributed by atoms with E-state index < -0.39 is 5.92 Å². The number of rotatable bonds is 4. The molecule has 2 aromatic rings. The molecule has 0 aliphatic rings. The first-order valence-corrected chi connectivity index (χ1v) is 5.99. The Morgan fingerprint density at radius 3 is 2.63 bits per heavy atom. The number of carbonyl (C=O) groups is 1. The molecule has 0 radical (unpaired) electrons. The van der Waals surface area contributed by atoms with E-state index in [4.69, 9.17) is 10.3 Å². The minimum absolute atomic E-state index is 0.0922. The summed E-state index contributed by atoms with van der Waals surface area (Å²) in [6.45, 7) is 3.44. The molecule has 3 N–H and O–H groups in total. The van der Waals surface area contributed by atoms with Gasteiger partial charge in [0, 0.05) is 6.04 Å². The summed E-state index contributed by atoms with van der Waals surface area (Å²) in [4.78, 5) is 15.9. The number of hydrogen-bond acceptors (Lipinski definition) is 5. The van der Waals surface area contributed by atoms with Crippen molar-refractivity contribution in [1.29, 1.82) is 0 Å². The molecule has 1 aromatic carbocycles. The van der Waals surface area contributed by atoms with Crippen molar-refractivity contribution in [3.63, 3.8) is 0 Å². The fourth-order valence-electron chi connectivity index (χ4n) is 1.69. The highest BCUT2D eigenvalue weighted by molar-refractivity contribution is 5.90. The maximum absolute atomic E-state index is 12.0. The molecule has 2 atom stereocenters. The van der Waals surface area contributed by atoms with Gasteiger partial charge in [-0.15, -0.1) is 0 Å². The fourth-order valence-corrected chi connectivity index (χ4v) is 1.69. The molecule has 0 aliphatic heterocycles. The lowest BCUT2D eigenvalue weighted by Gasteiger charge is -2.18. The zero-order valence-corrected chi connectivity index (χ0v) is 10.8. The Bertz CT molecular complexity index is 553. The first-order chi connectivity index (χ1) is 9.08. The molecule has 1 heterocycles. The van der Waals surface area contributed by atoms with Gasteiger partial charge in [-0.05, 0) is 12.5 Å². The molecule has 0 aliphatic carbocycles. The lowest BCUT2D eigenvalue weighted by Crippen LogP contribution is -2.30. The lowest BCUT2D eigenvalue weighted by atomic mass is 9.95. The summed E-state index contributed by atoms with van der Waals surface area (Å²) in [5.74, 6) is -0.190. The largest absolute Gasteiger partial charge is 0.328 e. The molecule has 2 rings (SSSR count). The molecule has 19 heavy (non-hydrogen) atoms. The van der Waals surface area contributed by atoms with E-state index in [2.05, 4.69) is 15.5 Å². The van der Waals surface area contributed by atoms with Crippen molar-refractivity contribution in [3.8, 4) is 0 Å². The minimum atomic E-state index is -0.408. The third-order valence-corrected chi connectivity index (χ3v) is 2.89. The van der Waals surface area contributed by atoms with E-state index in [-0.39, 0.29) is 18.0 Å². The highest BCUT2D eigenvalue weighted by atomic mass is 16.5. The van der Waals surface area contributed by atoms with Crippen LogP contribution in [0.3, 0.4) is 0 Å². The first kappa shape index (κ1) is 13.2. The van der Waals surface area contributed by atoms with E-state index in [0.717, 1.165) is 5.56 Å². The standard InChI is InChI=1S/C13H16N4O2/c1-8(11(14)10-6-4-3-5-7-10)12(18)16-13-15-9(2)17-19-13/h3-8,11H,14H2,1-2H3,(H,15,16,17,18). The fraction of sp³-hybridized carbons (Fsp3) is 0.308. The van der Waals surface area contributed by atoms with Gasteiger partial charge < -0.3 is 10.3 Å². The topological polar surface area (TPSA) is 94.0 Å². The highest BCUT2D eigenvalue weighted by Gasteiger charge is 2.23. The normalized spacial score (nSPS) is 13.8. The van der Waals surface area contributed by atoms with E-state index in [1.165, 1.54) is 0 Å². The van der Waals surface area contributed by atoms with E-state index in [0.29, 0.717) is 5.82 Å². The van der Waals surface area contributed by atoms with Crippen LogP contribution in [-0.4, -0.2) is 16.0 Å². The van der Waals surface area contributed by atoms with Gasteiger partial charge in [-0.3, -0.25) is 10.1 Å². The van der Waals surface area contributed by atoms with Crippen molar-refractivity contribution in [2.75, 3.05) is 5.32 Å². The minimum Gasteiger partial charge on any atom is -0.323 e. The zero-order chi connectivity index (χ0) is 13.8. The molecule has 1 amide bonds. The van der Waals surface area contributed by atoms with Crippen molar-refractivity contribution < 1.29 is 9.32 Å². The van der Waals surface area contributed by atoms with E-state index in [1.807, 2.05) is 30.3 Å². The Morgan fingerprint density at radius 2 is 2.05 bits per heavy atom. The molecular weight excluding hydrogens is 244 g/mol. The Hall–Kier alpha value is -2.21. The monoisotopic (exact) mass is 260 g/mol. The van der Waals surface area contributed by atoms with E-state index in [1.54, 1.807) is 13.8 Å². The number of hydrogen-bond donors (Lipinski definition) is 2. The van der Waals surface area contributed by atoms with E-state index in [9.17, 15) is 4.79 Å². The van der Waals surface area contributed by atoms with Crippen molar-refractivity contribution in [1.82, 2.24) is 10.1 Å². The quantitative estimate of drug-likeness (QED) is 0.871. The molecule has 0 spiro atoms. The maximum atomic E-state index is 12.0. The molecule has 0 saturated heterocycles. The summed E-state index contributed by atoms with van der Waals surface area (Å²) in [5.41, 5.74) is 6.98. The summed E-state index contributed by atoms with van der Waals surface area (Å²) in [6, 6.07) is 9.18. The van der Waals surface area contributed by atoms with Gasteiger partial charge in [-0.2, -0.15) is 4.98 Å². The number of benzene rings is 1. The van der Waals surface area contributed by atoms with Gasteiger partial charge in [0.05, 0.1) is 5.92 Å². The Balaban J connectivity index is 2.03. The zero-order valence-electron chi connectivity index (χ0n) is 10.8. The van der Waals surface area contributed by atoms with Crippen LogP contribution >= 0.6 is 0 Å². The molecule has 6 heteroatoms. The second kappa shape index (κ2) is 5.62. The number of anilines is 1. The predicted molar refractivity (Wildman–Crippen MR) is 70.2 cm³/mol. The number of amides is 1. The molecule has 2 unspecified atom stereocenters. The van der Waals surface area contributed by atoms with Gasteiger partial charge in [0.25, 0.3) is 0 Å². The van der Waals surface area contributed by atoms with E-state index >= 15 is 0 Å². The summed E-state index contributed by atoms with van der Waals surface area (Å²) < 4.78 is 4.84. The molecule has 0 saturated carbocycles. The Kier molecular flexibility index (Phi) is 3.91. The third kappa shape index (κ3) is 3.17. The average molecular weight is 260 g/mol. The van der Waals surface area contributed by atoms with Crippen LogP contribution in [0.1, 0.15) is 24.4 Å². The number of carbonyl (C=O) groups excluding carboxylic acids is 1. The number of aryl methyl sites for hydroxylation is 1. The Morgan fingerprint density at radius 1 is 1.37 bits per heavy atom. The van der Waals surface area contributed by atoms with Gasteiger partial charge >= 0.3 is 6.01 Å². The van der Waals surface area contributed by atoms with Crippen molar-refractivity contribution in [2.45, 2.75) is 19.9 Å². The second-order valence-corrected chi connectivity index (χ2v) is 4.36. The predicted octanol–water partition coefficient (Wildman–Crippen LogP) is 1.65. The highest BCUT2D eigenvalue weighted by Crippen LogP contribution is 2.20. The smallest absolute Gasteiger partial charge is 0.323 e. The van der Waals surface area contributed by atoms with Crippen LogP contribution in [0.25, 0.3) is 0 Å². The van der Waals surface area contributed by atoms with Crippen molar-refractivity contribution >= 4 is 11.9 Å². The maximum Gasteiger partial charge on any atom is 0.328 e. The van der Waals surface area contributed by atoms with Crippen molar-refractivity contribution in [2.24, 2.45) is 11.7 Å². The molecular formula is C13H16N4O2.